The highest BCUT2D eigenvalue weighted by atomic mass is 32.2. The SMILES string of the molecule is CC(=O)N1CCCc2ccc(S(=O)(=O)NC[C@@H]3CC=CCC3)cc21. The van der Waals surface area contributed by atoms with Crippen LogP contribution in [0.4, 0.5) is 5.69 Å². The van der Waals surface area contributed by atoms with Gasteiger partial charge in [0, 0.05) is 25.7 Å². The Labute approximate surface area is 143 Å². The molecule has 24 heavy (non-hydrogen) atoms. The van der Waals surface area contributed by atoms with Crippen molar-refractivity contribution in [2.75, 3.05) is 18.0 Å². The molecule has 0 fully saturated rings. The highest BCUT2D eigenvalue weighted by Crippen LogP contribution is 2.30. The highest BCUT2D eigenvalue weighted by Gasteiger charge is 2.24. The Morgan fingerprint density at radius 2 is 2.17 bits per heavy atom. The van der Waals surface area contributed by atoms with Crippen LogP contribution < -0.4 is 9.62 Å². The van der Waals surface area contributed by atoms with Crippen molar-refractivity contribution in [1.82, 2.24) is 4.72 Å². The molecule has 1 atom stereocenters. The number of sulfonamides is 1. The second kappa shape index (κ2) is 7.07. The van der Waals surface area contributed by atoms with Gasteiger partial charge in [0.15, 0.2) is 0 Å². The van der Waals surface area contributed by atoms with E-state index in [1.54, 1.807) is 17.0 Å². The van der Waals surface area contributed by atoms with E-state index in [4.69, 9.17) is 0 Å². The van der Waals surface area contributed by atoms with Gasteiger partial charge in [-0.2, -0.15) is 0 Å². The minimum atomic E-state index is -3.55. The van der Waals surface area contributed by atoms with Crippen molar-refractivity contribution in [3.8, 4) is 0 Å². The van der Waals surface area contributed by atoms with Crippen LogP contribution >= 0.6 is 0 Å². The molecular formula is C18H24N2O3S. The van der Waals surface area contributed by atoms with E-state index in [-0.39, 0.29) is 10.8 Å². The topological polar surface area (TPSA) is 66.5 Å². The number of aryl methyl sites for hydroxylation is 1. The number of carbonyl (C=O) groups excluding carboxylic acids is 1. The van der Waals surface area contributed by atoms with Crippen LogP contribution in [0.3, 0.4) is 0 Å². The Bertz CT molecular complexity index is 756. The number of nitrogens with one attached hydrogen (secondary N) is 1. The maximum Gasteiger partial charge on any atom is 0.240 e. The molecule has 1 heterocycles. The molecule has 1 aliphatic heterocycles. The normalized spacial score (nSPS) is 20.7. The third-order valence-corrected chi connectivity index (χ3v) is 6.23. The number of carbonyl (C=O) groups is 1. The Morgan fingerprint density at radius 3 is 2.88 bits per heavy atom. The van der Waals surface area contributed by atoms with Gasteiger partial charge in [-0.3, -0.25) is 4.79 Å². The highest BCUT2D eigenvalue weighted by molar-refractivity contribution is 7.89. The first-order valence-corrected chi connectivity index (χ1v) is 10.0. The van der Waals surface area contributed by atoms with E-state index in [1.165, 1.54) is 6.92 Å². The van der Waals surface area contributed by atoms with Crippen molar-refractivity contribution in [3.05, 3.63) is 35.9 Å². The van der Waals surface area contributed by atoms with Gasteiger partial charge in [0.05, 0.1) is 4.90 Å². The fourth-order valence-electron chi connectivity index (χ4n) is 3.40. The van der Waals surface area contributed by atoms with Crippen LogP contribution in [0.2, 0.25) is 0 Å². The summed E-state index contributed by atoms with van der Waals surface area (Å²) in [6, 6.07) is 5.12. The van der Waals surface area contributed by atoms with Gasteiger partial charge in [0.2, 0.25) is 15.9 Å². The zero-order valence-corrected chi connectivity index (χ0v) is 14.8. The minimum absolute atomic E-state index is 0.0487. The maximum atomic E-state index is 12.6. The van der Waals surface area contributed by atoms with Gasteiger partial charge in [-0.05, 0) is 55.7 Å². The van der Waals surface area contributed by atoms with Crippen molar-refractivity contribution < 1.29 is 13.2 Å². The molecule has 1 amide bonds. The number of nitrogens with zero attached hydrogens (tertiary/aromatic N) is 1. The Balaban J connectivity index is 1.79. The van der Waals surface area contributed by atoms with Crippen LogP contribution in [-0.2, 0) is 21.2 Å². The number of rotatable bonds is 4. The molecule has 3 rings (SSSR count). The Hall–Kier alpha value is -1.66. The molecule has 6 heteroatoms. The van der Waals surface area contributed by atoms with E-state index in [0.29, 0.717) is 19.0 Å². The molecule has 130 valence electrons. The summed E-state index contributed by atoms with van der Waals surface area (Å²) in [6.07, 6.45) is 9.00. The number of allylic oxidation sites excluding steroid dienone is 2. The molecular weight excluding hydrogens is 324 g/mol. The number of hydrogen-bond donors (Lipinski definition) is 1. The maximum absolute atomic E-state index is 12.6. The van der Waals surface area contributed by atoms with Gasteiger partial charge in [-0.25, -0.2) is 13.1 Å². The molecule has 0 spiro atoms. The molecule has 5 nitrogen and oxygen atoms in total. The second-order valence-corrected chi connectivity index (χ2v) is 8.33. The predicted molar refractivity (Wildman–Crippen MR) is 94.5 cm³/mol. The molecule has 2 aliphatic rings. The summed E-state index contributed by atoms with van der Waals surface area (Å²) in [6.45, 7) is 2.62. The number of benzene rings is 1. The van der Waals surface area contributed by atoms with Gasteiger partial charge in [0.1, 0.15) is 0 Å². The molecule has 0 bridgehead atoms. The quantitative estimate of drug-likeness (QED) is 0.851. The van der Waals surface area contributed by atoms with E-state index in [2.05, 4.69) is 16.9 Å². The zero-order chi connectivity index (χ0) is 17.2. The fourth-order valence-corrected chi connectivity index (χ4v) is 4.54. The predicted octanol–water partition coefficient (Wildman–Crippen LogP) is 2.62. The lowest BCUT2D eigenvalue weighted by atomic mass is 9.95. The lowest BCUT2D eigenvalue weighted by Crippen LogP contribution is -2.34. The summed E-state index contributed by atoms with van der Waals surface area (Å²) in [5.74, 6) is 0.309. The van der Waals surface area contributed by atoms with Gasteiger partial charge in [-0.1, -0.05) is 18.2 Å². The van der Waals surface area contributed by atoms with Crippen LogP contribution in [-0.4, -0.2) is 27.4 Å². The first-order chi connectivity index (χ1) is 11.5. The first-order valence-electron chi connectivity index (χ1n) is 8.53. The van der Waals surface area contributed by atoms with Crippen LogP contribution in [0, 0.1) is 5.92 Å². The Morgan fingerprint density at radius 1 is 1.33 bits per heavy atom. The summed E-state index contributed by atoms with van der Waals surface area (Å²) >= 11 is 0. The number of fused-ring (bicyclic) bond motifs is 1. The van der Waals surface area contributed by atoms with Crippen molar-refractivity contribution in [2.45, 2.75) is 43.9 Å². The van der Waals surface area contributed by atoms with E-state index >= 15 is 0 Å². The molecule has 1 aliphatic carbocycles. The van der Waals surface area contributed by atoms with Gasteiger partial charge in [-0.15, -0.1) is 0 Å². The van der Waals surface area contributed by atoms with Crippen molar-refractivity contribution in [2.24, 2.45) is 5.92 Å². The molecule has 1 N–H and O–H groups in total. The minimum Gasteiger partial charge on any atom is -0.312 e. The van der Waals surface area contributed by atoms with Crippen molar-refractivity contribution in [3.63, 3.8) is 0 Å². The second-order valence-electron chi connectivity index (χ2n) is 6.57. The molecule has 0 unspecified atom stereocenters. The summed E-state index contributed by atoms with van der Waals surface area (Å²) in [5.41, 5.74) is 1.77. The number of amides is 1. The summed E-state index contributed by atoms with van der Waals surface area (Å²) < 4.78 is 27.9. The van der Waals surface area contributed by atoms with Crippen LogP contribution in [0.5, 0.6) is 0 Å². The standard InChI is InChI=1S/C18H24N2O3S/c1-14(21)20-11-5-8-16-9-10-17(12-18(16)20)24(22,23)19-13-15-6-3-2-4-7-15/h2-3,9-10,12,15,19H,4-8,11,13H2,1H3/t15-/m1/s1. The van der Waals surface area contributed by atoms with E-state index < -0.39 is 10.0 Å². The molecule has 0 saturated heterocycles. The average molecular weight is 348 g/mol. The van der Waals surface area contributed by atoms with Gasteiger partial charge in [0.25, 0.3) is 0 Å². The van der Waals surface area contributed by atoms with E-state index in [0.717, 1.165) is 43.4 Å². The number of hydrogen-bond acceptors (Lipinski definition) is 3. The zero-order valence-electron chi connectivity index (χ0n) is 14.0. The molecule has 0 saturated carbocycles. The third-order valence-electron chi connectivity index (χ3n) is 4.81. The lowest BCUT2D eigenvalue weighted by Gasteiger charge is -2.29. The molecule has 1 aromatic carbocycles. The number of anilines is 1. The summed E-state index contributed by atoms with van der Waals surface area (Å²) in [5, 5.41) is 0. The van der Waals surface area contributed by atoms with Crippen LogP contribution in [0.25, 0.3) is 0 Å². The molecule has 1 aromatic rings. The first kappa shape index (κ1) is 17.2. The largest absolute Gasteiger partial charge is 0.312 e. The summed E-state index contributed by atoms with van der Waals surface area (Å²) in [4.78, 5) is 13.7. The van der Waals surface area contributed by atoms with E-state index in [1.807, 2.05) is 6.07 Å². The lowest BCUT2D eigenvalue weighted by molar-refractivity contribution is -0.116. The fraction of sp³-hybridized carbons (Fsp3) is 0.500. The van der Waals surface area contributed by atoms with Crippen LogP contribution in [0.15, 0.2) is 35.2 Å². The van der Waals surface area contributed by atoms with Crippen LogP contribution in [0.1, 0.15) is 38.2 Å². The Kier molecular flexibility index (Phi) is 5.06. The summed E-state index contributed by atoms with van der Waals surface area (Å²) in [7, 11) is -3.55. The van der Waals surface area contributed by atoms with E-state index in [9.17, 15) is 13.2 Å². The molecule has 0 radical (unpaired) electrons. The molecule has 0 aromatic heterocycles. The smallest absolute Gasteiger partial charge is 0.240 e. The third kappa shape index (κ3) is 3.70. The van der Waals surface area contributed by atoms with Gasteiger partial charge >= 0.3 is 0 Å². The van der Waals surface area contributed by atoms with Crippen molar-refractivity contribution >= 4 is 21.6 Å². The average Bonchev–Trinajstić information content (AvgIpc) is 2.60. The van der Waals surface area contributed by atoms with Crippen molar-refractivity contribution in [1.29, 1.82) is 0 Å². The van der Waals surface area contributed by atoms with Gasteiger partial charge < -0.3 is 4.90 Å². The monoisotopic (exact) mass is 348 g/mol.